The van der Waals surface area contributed by atoms with Crippen molar-refractivity contribution in [3.8, 4) is 0 Å². The lowest BCUT2D eigenvalue weighted by Crippen LogP contribution is -2.47. The quantitative estimate of drug-likeness (QED) is 0.662. The molecule has 1 aromatic rings. The van der Waals surface area contributed by atoms with Gasteiger partial charge in [-0.1, -0.05) is 44.2 Å². The lowest BCUT2D eigenvalue weighted by molar-refractivity contribution is -0.124. The van der Waals surface area contributed by atoms with Crippen LogP contribution in [0.3, 0.4) is 0 Å². The van der Waals surface area contributed by atoms with Crippen LogP contribution in [0.5, 0.6) is 0 Å². The minimum atomic E-state index is -3.01. The smallest absolute Gasteiger partial charge is 0.234 e. The van der Waals surface area contributed by atoms with Crippen molar-refractivity contribution >= 4 is 15.7 Å². The highest BCUT2D eigenvalue weighted by molar-refractivity contribution is 7.91. The molecule has 0 spiro atoms. The monoisotopic (exact) mass is 422 g/mol. The van der Waals surface area contributed by atoms with Crippen LogP contribution in [0, 0.1) is 5.92 Å². The first-order valence-corrected chi connectivity index (χ1v) is 12.5. The van der Waals surface area contributed by atoms with Crippen LogP contribution in [0.15, 0.2) is 30.3 Å². The summed E-state index contributed by atoms with van der Waals surface area (Å²) in [5.74, 6) is 0.743. The molecule has 1 N–H and O–H groups in total. The molecule has 6 nitrogen and oxygen atoms in total. The zero-order valence-corrected chi connectivity index (χ0v) is 18.4. The number of carbonyl (C=O) groups is 1. The SMILES string of the molecule is CC(C)CC(NC(=O)CN(CC1CCCO1)C1CCS(=O)(=O)C1)c1ccccc1. The fraction of sp³-hybridized carbons (Fsp3) is 0.682. The van der Waals surface area contributed by atoms with Crippen molar-refractivity contribution in [2.75, 3.05) is 31.2 Å². The molecule has 3 rings (SSSR count). The van der Waals surface area contributed by atoms with Crippen molar-refractivity contribution < 1.29 is 17.9 Å². The van der Waals surface area contributed by atoms with E-state index in [0.29, 0.717) is 18.9 Å². The third-order valence-corrected chi connectivity index (χ3v) is 7.53. The lowest BCUT2D eigenvalue weighted by Gasteiger charge is -2.30. The molecule has 29 heavy (non-hydrogen) atoms. The second-order valence-electron chi connectivity index (χ2n) is 8.78. The summed E-state index contributed by atoms with van der Waals surface area (Å²) in [5.41, 5.74) is 1.10. The van der Waals surface area contributed by atoms with Gasteiger partial charge in [-0.15, -0.1) is 0 Å². The molecule has 1 amide bonds. The first-order chi connectivity index (χ1) is 13.8. The predicted octanol–water partition coefficient (Wildman–Crippen LogP) is 2.56. The molecule has 3 atom stereocenters. The summed E-state index contributed by atoms with van der Waals surface area (Å²) in [6, 6.07) is 9.89. The van der Waals surface area contributed by atoms with E-state index in [2.05, 4.69) is 19.2 Å². The van der Waals surface area contributed by atoms with Crippen LogP contribution >= 0.6 is 0 Å². The van der Waals surface area contributed by atoms with E-state index in [1.165, 1.54) is 0 Å². The van der Waals surface area contributed by atoms with Gasteiger partial charge in [0.25, 0.3) is 0 Å². The molecule has 2 aliphatic rings. The molecule has 3 unspecified atom stereocenters. The van der Waals surface area contributed by atoms with Gasteiger partial charge in [-0.2, -0.15) is 0 Å². The fourth-order valence-corrected chi connectivity index (χ4v) is 6.08. The maximum absolute atomic E-state index is 13.0. The highest BCUT2D eigenvalue weighted by atomic mass is 32.2. The van der Waals surface area contributed by atoms with E-state index in [1.807, 2.05) is 35.2 Å². The van der Waals surface area contributed by atoms with Crippen molar-refractivity contribution in [1.29, 1.82) is 0 Å². The molecule has 0 bridgehead atoms. The van der Waals surface area contributed by atoms with E-state index in [0.717, 1.165) is 31.4 Å². The van der Waals surface area contributed by atoms with Gasteiger partial charge >= 0.3 is 0 Å². The van der Waals surface area contributed by atoms with Gasteiger partial charge in [0.2, 0.25) is 5.91 Å². The van der Waals surface area contributed by atoms with Gasteiger partial charge in [0, 0.05) is 19.2 Å². The Balaban J connectivity index is 1.67. The molecule has 1 aromatic carbocycles. The second-order valence-corrected chi connectivity index (χ2v) is 11.0. The highest BCUT2D eigenvalue weighted by Gasteiger charge is 2.35. The van der Waals surface area contributed by atoms with Gasteiger partial charge in [0.1, 0.15) is 0 Å². The summed E-state index contributed by atoms with van der Waals surface area (Å²) >= 11 is 0. The summed E-state index contributed by atoms with van der Waals surface area (Å²) in [7, 11) is -3.01. The molecular weight excluding hydrogens is 388 g/mol. The van der Waals surface area contributed by atoms with Crippen LogP contribution in [0.2, 0.25) is 0 Å². The van der Waals surface area contributed by atoms with Crippen LogP contribution in [0.25, 0.3) is 0 Å². The molecule has 0 radical (unpaired) electrons. The van der Waals surface area contributed by atoms with Crippen LogP contribution < -0.4 is 5.32 Å². The van der Waals surface area contributed by atoms with E-state index < -0.39 is 9.84 Å². The Bertz CT molecular complexity index is 760. The third-order valence-electron chi connectivity index (χ3n) is 5.78. The topological polar surface area (TPSA) is 75.7 Å². The molecule has 2 saturated heterocycles. The van der Waals surface area contributed by atoms with E-state index in [1.54, 1.807) is 0 Å². The van der Waals surface area contributed by atoms with Crippen LogP contribution in [-0.2, 0) is 19.4 Å². The summed E-state index contributed by atoms with van der Waals surface area (Å²) in [6.45, 7) is 5.87. The van der Waals surface area contributed by atoms with E-state index >= 15 is 0 Å². The summed E-state index contributed by atoms with van der Waals surface area (Å²) in [6.07, 6.45) is 3.54. The van der Waals surface area contributed by atoms with Crippen molar-refractivity contribution in [3.63, 3.8) is 0 Å². The molecule has 2 heterocycles. The van der Waals surface area contributed by atoms with Gasteiger partial charge in [-0.25, -0.2) is 8.42 Å². The molecule has 0 saturated carbocycles. The number of rotatable bonds is 9. The number of nitrogens with zero attached hydrogens (tertiary/aromatic N) is 1. The Morgan fingerprint density at radius 2 is 2.00 bits per heavy atom. The number of carbonyl (C=O) groups excluding carboxylic acids is 1. The van der Waals surface area contributed by atoms with Crippen molar-refractivity contribution in [2.45, 2.75) is 57.7 Å². The molecule has 2 aliphatic heterocycles. The van der Waals surface area contributed by atoms with E-state index in [4.69, 9.17) is 4.74 Å². The van der Waals surface area contributed by atoms with Gasteiger partial charge in [0.15, 0.2) is 9.84 Å². The minimum absolute atomic E-state index is 0.0411. The number of hydrogen-bond donors (Lipinski definition) is 1. The molecular formula is C22H34N2O4S. The number of nitrogens with one attached hydrogen (secondary N) is 1. The Kier molecular flexibility index (Phi) is 7.71. The Labute approximate surface area is 174 Å². The number of hydrogen-bond acceptors (Lipinski definition) is 5. The summed E-state index contributed by atoms with van der Waals surface area (Å²) in [5, 5.41) is 3.19. The van der Waals surface area contributed by atoms with Gasteiger partial charge in [-0.05, 0) is 37.2 Å². The van der Waals surface area contributed by atoms with Crippen LogP contribution in [0.4, 0.5) is 0 Å². The number of amides is 1. The number of benzene rings is 1. The number of ether oxygens (including phenoxy) is 1. The average molecular weight is 423 g/mol. The van der Waals surface area contributed by atoms with Crippen LogP contribution in [-0.4, -0.2) is 62.6 Å². The average Bonchev–Trinajstić information content (AvgIpc) is 3.30. The Morgan fingerprint density at radius 1 is 1.24 bits per heavy atom. The zero-order chi connectivity index (χ0) is 20.9. The lowest BCUT2D eigenvalue weighted by atomic mass is 9.97. The third kappa shape index (κ3) is 6.79. The Hall–Kier alpha value is -1.44. The fourth-order valence-electron chi connectivity index (χ4n) is 4.32. The molecule has 162 valence electrons. The zero-order valence-electron chi connectivity index (χ0n) is 17.5. The minimum Gasteiger partial charge on any atom is -0.377 e. The van der Waals surface area contributed by atoms with Gasteiger partial charge in [0.05, 0.1) is 30.2 Å². The normalized spacial score (nSPS) is 24.8. The molecule has 0 aliphatic carbocycles. The summed E-state index contributed by atoms with van der Waals surface area (Å²) in [4.78, 5) is 15.0. The van der Waals surface area contributed by atoms with E-state index in [9.17, 15) is 13.2 Å². The highest BCUT2D eigenvalue weighted by Crippen LogP contribution is 2.23. The standard InChI is InChI=1S/C22H34N2O4S/c1-17(2)13-21(18-7-4-3-5-8-18)23-22(25)15-24(14-20-9-6-11-28-20)19-10-12-29(26,27)16-19/h3-5,7-8,17,19-21H,6,9-16H2,1-2H3,(H,23,25). The first-order valence-electron chi connectivity index (χ1n) is 10.7. The van der Waals surface area contributed by atoms with Crippen molar-refractivity contribution in [3.05, 3.63) is 35.9 Å². The second kappa shape index (κ2) is 10.0. The molecule has 2 fully saturated rings. The van der Waals surface area contributed by atoms with Crippen molar-refractivity contribution in [1.82, 2.24) is 10.2 Å². The Morgan fingerprint density at radius 3 is 2.59 bits per heavy atom. The first kappa shape index (κ1) is 22.2. The maximum atomic E-state index is 13.0. The molecule has 7 heteroatoms. The number of sulfone groups is 1. The summed E-state index contributed by atoms with van der Waals surface area (Å²) < 4.78 is 29.7. The molecule has 0 aromatic heterocycles. The predicted molar refractivity (Wildman–Crippen MR) is 114 cm³/mol. The van der Waals surface area contributed by atoms with Gasteiger partial charge in [-0.3, -0.25) is 9.69 Å². The largest absolute Gasteiger partial charge is 0.377 e. The van der Waals surface area contributed by atoms with Gasteiger partial charge < -0.3 is 10.1 Å². The van der Waals surface area contributed by atoms with E-state index in [-0.39, 0.29) is 42.1 Å². The maximum Gasteiger partial charge on any atom is 0.234 e. The van der Waals surface area contributed by atoms with Crippen molar-refractivity contribution in [2.24, 2.45) is 5.92 Å². The van der Waals surface area contributed by atoms with Crippen LogP contribution in [0.1, 0.15) is 51.1 Å².